The van der Waals surface area contributed by atoms with E-state index in [1.807, 2.05) is 0 Å². The second kappa shape index (κ2) is 45.4. The van der Waals surface area contributed by atoms with Gasteiger partial charge in [0.1, 0.15) is 12.6 Å². The first-order valence-corrected chi connectivity index (χ1v) is 26.4. The van der Waals surface area contributed by atoms with Crippen LogP contribution < -0.4 is 5.11 Å². The molecule has 0 amide bonds. The maximum Gasteiger partial charge on any atom is 0.306 e. The first-order valence-electron chi connectivity index (χ1n) is 26.4. The zero-order valence-corrected chi connectivity index (χ0v) is 41.6. The lowest BCUT2D eigenvalue weighted by molar-refractivity contribution is -0.889. The predicted molar refractivity (Wildman–Crippen MR) is 259 cm³/mol. The summed E-state index contributed by atoms with van der Waals surface area (Å²) in [6, 6.07) is -0.726. The lowest BCUT2D eigenvalue weighted by atomic mass is 10.0. The molecule has 0 aromatic heterocycles. The van der Waals surface area contributed by atoms with Gasteiger partial charge in [-0.1, -0.05) is 218 Å². The Hall–Kier alpha value is -2.19. The van der Waals surface area contributed by atoms with E-state index in [-0.39, 0.29) is 42.7 Å². The number of nitrogens with zero attached hydrogens (tertiary/aromatic N) is 1. The second-order valence-electron chi connectivity index (χ2n) is 19.1. The molecule has 364 valence electrons. The number of carbonyl (C=O) groups excluding carboxylic acids is 3. The van der Waals surface area contributed by atoms with Gasteiger partial charge in [-0.2, -0.15) is 0 Å². The topological polar surface area (TPSA) is 102 Å². The number of allylic oxidation sites excluding steroid dienone is 4. The van der Waals surface area contributed by atoms with Gasteiger partial charge in [0.2, 0.25) is 0 Å². The number of hydrogen-bond donors (Lipinski definition) is 0. The minimum Gasteiger partial charge on any atom is -0.544 e. The number of carboxylic acids is 1. The molecule has 0 spiro atoms. The fraction of sp³-hybridized carbons (Fsp3) is 0.870. The van der Waals surface area contributed by atoms with Crippen molar-refractivity contribution in [1.82, 2.24) is 0 Å². The summed E-state index contributed by atoms with van der Waals surface area (Å²) in [5.74, 6) is -1.74. The summed E-state index contributed by atoms with van der Waals surface area (Å²) >= 11 is 0. The first kappa shape index (κ1) is 59.8. The van der Waals surface area contributed by atoms with Crippen molar-refractivity contribution in [3.8, 4) is 0 Å². The van der Waals surface area contributed by atoms with Crippen LogP contribution in [0.25, 0.3) is 0 Å². The fourth-order valence-corrected chi connectivity index (χ4v) is 7.97. The molecule has 0 rings (SSSR count). The van der Waals surface area contributed by atoms with Crippen LogP contribution in [0.2, 0.25) is 0 Å². The minimum absolute atomic E-state index is 0.0391. The zero-order chi connectivity index (χ0) is 45.6. The van der Waals surface area contributed by atoms with E-state index in [9.17, 15) is 19.5 Å². The van der Waals surface area contributed by atoms with E-state index in [2.05, 4.69) is 38.2 Å². The van der Waals surface area contributed by atoms with Crippen molar-refractivity contribution in [2.24, 2.45) is 0 Å². The molecule has 8 nitrogen and oxygen atoms in total. The average Bonchev–Trinajstić information content (AvgIpc) is 3.23. The Morgan fingerprint density at radius 3 is 1.29 bits per heavy atom. The molecule has 0 saturated carbocycles. The van der Waals surface area contributed by atoms with Gasteiger partial charge < -0.3 is 28.6 Å². The highest BCUT2D eigenvalue weighted by atomic mass is 16.6. The van der Waals surface area contributed by atoms with Crippen LogP contribution in [-0.4, -0.2) is 75.5 Å². The summed E-state index contributed by atoms with van der Waals surface area (Å²) in [5.41, 5.74) is 0. The van der Waals surface area contributed by atoms with Crippen molar-refractivity contribution in [2.45, 2.75) is 264 Å². The third-order valence-electron chi connectivity index (χ3n) is 12.1. The van der Waals surface area contributed by atoms with E-state index in [0.29, 0.717) is 12.8 Å². The zero-order valence-electron chi connectivity index (χ0n) is 41.6. The summed E-state index contributed by atoms with van der Waals surface area (Å²) in [6.07, 6.45) is 52.2. The highest BCUT2D eigenvalue weighted by molar-refractivity contribution is 5.70. The number of carbonyl (C=O) groups is 3. The number of quaternary nitrogens is 1. The average molecular weight is 876 g/mol. The normalized spacial score (nSPS) is 13.0. The molecule has 0 heterocycles. The van der Waals surface area contributed by atoms with Gasteiger partial charge in [-0.25, -0.2) is 0 Å². The molecule has 0 fully saturated rings. The van der Waals surface area contributed by atoms with E-state index in [1.165, 1.54) is 154 Å². The maximum atomic E-state index is 12.7. The van der Waals surface area contributed by atoms with Gasteiger partial charge in [0.15, 0.2) is 6.10 Å². The van der Waals surface area contributed by atoms with Gasteiger partial charge >= 0.3 is 11.9 Å². The van der Waals surface area contributed by atoms with Gasteiger partial charge in [-0.3, -0.25) is 9.59 Å². The third-order valence-corrected chi connectivity index (χ3v) is 12.1. The van der Waals surface area contributed by atoms with E-state index < -0.39 is 18.1 Å². The Morgan fingerprint density at radius 2 is 0.871 bits per heavy atom. The maximum absolute atomic E-state index is 12.7. The number of ether oxygens (including phenoxy) is 3. The highest BCUT2D eigenvalue weighted by Crippen LogP contribution is 2.17. The molecule has 0 aliphatic rings. The van der Waals surface area contributed by atoms with Crippen LogP contribution in [0.3, 0.4) is 0 Å². The molecule has 8 heteroatoms. The summed E-state index contributed by atoms with van der Waals surface area (Å²) < 4.78 is 17.2. The molecule has 0 aromatic rings. The van der Waals surface area contributed by atoms with E-state index in [4.69, 9.17) is 14.2 Å². The Kier molecular flexibility index (Phi) is 43.8. The molecule has 0 aliphatic heterocycles. The Labute approximate surface area is 383 Å². The van der Waals surface area contributed by atoms with Crippen molar-refractivity contribution in [2.75, 3.05) is 41.0 Å². The summed E-state index contributed by atoms with van der Waals surface area (Å²) in [4.78, 5) is 37.0. The summed E-state index contributed by atoms with van der Waals surface area (Å²) in [7, 11) is 5.42. The quantitative estimate of drug-likeness (QED) is 0.0260. The SMILES string of the molecule is CCCC/C=C\C/C=C\CCCCCCCC(=O)OC(COCCC(C(=O)[O-])[N+](C)(C)C)COC(=O)CCCCCCCCCCCCCCCCCCCCCCCCCC. The van der Waals surface area contributed by atoms with E-state index in [0.717, 1.165) is 64.2 Å². The molecule has 0 bridgehead atoms. The summed E-state index contributed by atoms with van der Waals surface area (Å²) in [5, 5.41) is 11.7. The van der Waals surface area contributed by atoms with Crippen LogP contribution in [0, 0.1) is 0 Å². The number of esters is 2. The summed E-state index contributed by atoms with van der Waals surface area (Å²) in [6.45, 7) is 4.65. The third kappa shape index (κ3) is 43.1. The number of hydrogen-bond acceptors (Lipinski definition) is 7. The van der Waals surface area contributed by atoms with Crippen molar-refractivity contribution in [1.29, 1.82) is 0 Å². The fourth-order valence-electron chi connectivity index (χ4n) is 7.97. The number of rotatable bonds is 48. The largest absolute Gasteiger partial charge is 0.544 e. The van der Waals surface area contributed by atoms with Crippen molar-refractivity contribution >= 4 is 17.9 Å². The van der Waals surface area contributed by atoms with E-state index >= 15 is 0 Å². The van der Waals surface area contributed by atoms with Crippen molar-refractivity contribution < 1.29 is 38.2 Å². The molecule has 0 saturated heterocycles. The Bertz CT molecular complexity index is 1070. The van der Waals surface area contributed by atoms with Crippen LogP contribution >= 0.6 is 0 Å². The van der Waals surface area contributed by atoms with Crippen LogP contribution in [-0.2, 0) is 28.6 Å². The Morgan fingerprint density at radius 1 is 0.484 bits per heavy atom. The van der Waals surface area contributed by atoms with Crippen molar-refractivity contribution in [3.63, 3.8) is 0 Å². The van der Waals surface area contributed by atoms with E-state index in [1.54, 1.807) is 21.1 Å². The Balaban J connectivity index is 4.13. The molecule has 0 aromatic carbocycles. The number of unbranched alkanes of at least 4 members (excludes halogenated alkanes) is 30. The van der Waals surface area contributed by atoms with Crippen molar-refractivity contribution in [3.05, 3.63) is 24.3 Å². The monoisotopic (exact) mass is 876 g/mol. The minimum atomic E-state index is -1.12. The lowest BCUT2D eigenvalue weighted by Crippen LogP contribution is -2.55. The van der Waals surface area contributed by atoms with Crippen LogP contribution in [0.1, 0.15) is 251 Å². The van der Waals surface area contributed by atoms with Gasteiger partial charge in [0.05, 0.1) is 40.3 Å². The second-order valence-corrected chi connectivity index (χ2v) is 19.1. The predicted octanol–water partition coefficient (Wildman–Crippen LogP) is 13.9. The van der Waals surface area contributed by atoms with Crippen LogP contribution in [0.15, 0.2) is 24.3 Å². The van der Waals surface area contributed by atoms with Gasteiger partial charge in [0.25, 0.3) is 0 Å². The molecule has 0 N–H and O–H groups in total. The standard InChI is InChI=1S/C54H101NO7/c1-6-8-10-12-14-16-18-20-22-23-24-25-26-27-28-29-30-31-33-34-36-38-40-42-44-52(56)61-49-50(48-60-47-46-51(54(58)59)55(3,4)5)62-53(57)45-43-41-39-37-35-32-21-19-17-15-13-11-9-7-2/h13,15,19,21,50-51H,6-12,14,16-18,20,22-49H2,1-5H3/b15-13-,21-19-. The van der Waals surface area contributed by atoms with Gasteiger partial charge in [-0.15, -0.1) is 0 Å². The molecular formula is C54H101NO7. The van der Waals surface area contributed by atoms with Gasteiger partial charge in [0, 0.05) is 19.3 Å². The molecular weight excluding hydrogens is 775 g/mol. The lowest BCUT2D eigenvalue weighted by Gasteiger charge is -2.34. The molecule has 2 atom stereocenters. The smallest absolute Gasteiger partial charge is 0.306 e. The molecule has 62 heavy (non-hydrogen) atoms. The number of carboxylic acid groups (broad SMARTS) is 1. The number of aliphatic carboxylic acids is 1. The molecule has 2 unspecified atom stereocenters. The first-order chi connectivity index (χ1) is 30.1. The molecule has 0 aliphatic carbocycles. The highest BCUT2D eigenvalue weighted by Gasteiger charge is 2.25. The number of likely N-dealkylation sites (N-methyl/N-ethyl adjacent to an activating group) is 1. The van der Waals surface area contributed by atoms with Gasteiger partial charge in [-0.05, 0) is 38.5 Å². The van der Waals surface area contributed by atoms with Crippen LogP contribution in [0.4, 0.5) is 0 Å². The molecule has 0 radical (unpaired) electrons. The van der Waals surface area contributed by atoms with Crippen LogP contribution in [0.5, 0.6) is 0 Å².